The maximum absolute atomic E-state index is 12.7. The monoisotopic (exact) mass is 532 g/mol. The Balaban J connectivity index is 1.17. The summed E-state index contributed by atoms with van der Waals surface area (Å²) in [5.41, 5.74) is 9.96. The number of Topliss-reactive ketones (excluding diaryl/α,β-unsaturated/α-hetero) is 1. The van der Waals surface area contributed by atoms with Crippen molar-refractivity contribution in [1.82, 2.24) is 15.2 Å². The van der Waals surface area contributed by atoms with E-state index in [1.807, 2.05) is 30.3 Å². The zero-order valence-corrected chi connectivity index (χ0v) is 21.6. The highest BCUT2D eigenvalue weighted by Gasteiger charge is 2.26. The fourth-order valence-corrected chi connectivity index (χ4v) is 4.81. The van der Waals surface area contributed by atoms with Crippen LogP contribution < -0.4 is 15.8 Å². The number of nitrogens with one attached hydrogen (secondary N) is 1. The number of fused-ring (bicyclic) bond motifs is 1. The van der Waals surface area contributed by atoms with E-state index in [0.29, 0.717) is 54.9 Å². The molecule has 1 atom stereocenters. The molecule has 8 nitrogen and oxygen atoms in total. The van der Waals surface area contributed by atoms with Gasteiger partial charge in [0.25, 0.3) is 0 Å². The second-order valence-electron chi connectivity index (χ2n) is 9.37. The van der Waals surface area contributed by atoms with Crippen molar-refractivity contribution in [3.05, 3.63) is 82.5 Å². The van der Waals surface area contributed by atoms with Gasteiger partial charge in [-0.2, -0.15) is 0 Å². The molecule has 0 bridgehead atoms. The summed E-state index contributed by atoms with van der Waals surface area (Å²) >= 11 is 6.56. The zero-order chi connectivity index (χ0) is 26.5. The van der Waals surface area contributed by atoms with E-state index >= 15 is 0 Å². The number of carbonyl (C=O) groups excluding carboxylic acids is 2. The van der Waals surface area contributed by atoms with Gasteiger partial charge in [0.2, 0.25) is 5.91 Å². The molecule has 0 spiro atoms. The molecule has 3 aromatic rings. The van der Waals surface area contributed by atoms with E-state index < -0.39 is 0 Å². The van der Waals surface area contributed by atoms with Crippen molar-refractivity contribution in [3.8, 4) is 16.9 Å². The van der Waals surface area contributed by atoms with Crippen LogP contribution in [0.5, 0.6) is 5.75 Å². The van der Waals surface area contributed by atoms with Gasteiger partial charge in [-0.05, 0) is 47.0 Å². The lowest BCUT2D eigenvalue weighted by molar-refractivity contribution is -0.116. The summed E-state index contributed by atoms with van der Waals surface area (Å²) in [6, 6.07) is 15.0. The molecule has 38 heavy (non-hydrogen) atoms. The van der Waals surface area contributed by atoms with Gasteiger partial charge in [0.15, 0.2) is 5.78 Å². The van der Waals surface area contributed by atoms with E-state index in [0.717, 1.165) is 35.3 Å². The Morgan fingerprint density at radius 2 is 1.89 bits per heavy atom. The highest BCUT2D eigenvalue weighted by Crippen LogP contribution is 2.39. The molecule has 2 aliphatic rings. The molecule has 2 aliphatic heterocycles. The van der Waals surface area contributed by atoms with Crippen LogP contribution in [0.3, 0.4) is 0 Å². The topological polar surface area (TPSA) is 107 Å². The summed E-state index contributed by atoms with van der Waals surface area (Å²) in [4.78, 5) is 31.0. The van der Waals surface area contributed by atoms with Crippen LogP contribution in [0.1, 0.15) is 21.5 Å². The highest BCUT2D eigenvalue weighted by molar-refractivity contribution is 6.32. The number of rotatable bonds is 8. The number of benzene rings is 2. The van der Waals surface area contributed by atoms with Crippen molar-refractivity contribution in [2.24, 2.45) is 0 Å². The predicted molar refractivity (Wildman–Crippen MR) is 147 cm³/mol. The van der Waals surface area contributed by atoms with Crippen LogP contribution in [0.15, 0.2) is 60.8 Å². The van der Waals surface area contributed by atoms with Gasteiger partial charge < -0.3 is 20.5 Å². The minimum Gasteiger partial charge on any atom is -0.486 e. The average molecular weight is 533 g/mol. The molecular formula is C29H29ClN4O4. The van der Waals surface area contributed by atoms with E-state index in [1.165, 1.54) is 6.08 Å². The van der Waals surface area contributed by atoms with Crippen LogP contribution in [0.2, 0.25) is 5.02 Å². The maximum atomic E-state index is 12.7. The van der Waals surface area contributed by atoms with Gasteiger partial charge in [0.1, 0.15) is 17.7 Å². The Labute approximate surface area is 226 Å². The molecule has 1 saturated heterocycles. The Morgan fingerprint density at radius 3 is 2.63 bits per heavy atom. The number of morpholine rings is 1. The molecule has 0 saturated carbocycles. The highest BCUT2D eigenvalue weighted by atomic mass is 35.5. The Hall–Kier alpha value is -3.72. The number of nitrogens with zero attached hydrogens (tertiary/aromatic N) is 2. The molecule has 3 heterocycles. The molecule has 196 valence electrons. The second-order valence-corrected chi connectivity index (χ2v) is 9.78. The molecule has 1 fully saturated rings. The van der Waals surface area contributed by atoms with Crippen molar-refractivity contribution in [3.63, 3.8) is 0 Å². The lowest BCUT2D eigenvalue weighted by atomic mass is 9.99. The predicted octanol–water partition coefficient (Wildman–Crippen LogP) is 3.63. The lowest BCUT2D eigenvalue weighted by Gasteiger charge is -2.25. The van der Waals surface area contributed by atoms with Crippen LogP contribution in [0.25, 0.3) is 17.2 Å². The number of hydrogen-bond donors (Lipinski definition) is 2. The third kappa shape index (κ3) is 6.39. The summed E-state index contributed by atoms with van der Waals surface area (Å²) in [7, 11) is 0. The van der Waals surface area contributed by atoms with E-state index in [9.17, 15) is 9.59 Å². The van der Waals surface area contributed by atoms with Gasteiger partial charge in [0, 0.05) is 42.9 Å². The number of amides is 1. The number of ether oxygens (including phenoxy) is 2. The Bertz CT molecular complexity index is 1340. The van der Waals surface area contributed by atoms with Crippen molar-refractivity contribution in [2.75, 3.05) is 45.1 Å². The van der Waals surface area contributed by atoms with Crippen molar-refractivity contribution < 1.29 is 19.1 Å². The van der Waals surface area contributed by atoms with Gasteiger partial charge in [-0.1, -0.05) is 35.9 Å². The fraction of sp³-hybridized carbons (Fsp3) is 0.276. The first-order valence-electron chi connectivity index (χ1n) is 12.5. The summed E-state index contributed by atoms with van der Waals surface area (Å²) in [5, 5.41) is 3.39. The number of ketones is 1. The van der Waals surface area contributed by atoms with Gasteiger partial charge in [0.05, 0.1) is 31.3 Å². The largest absolute Gasteiger partial charge is 0.486 e. The molecular weight excluding hydrogens is 504 g/mol. The number of hydrogen-bond acceptors (Lipinski definition) is 7. The third-order valence-electron chi connectivity index (χ3n) is 6.60. The fourth-order valence-electron chi connectivity index (χ4n) is 4.53. The molecule has 0 radical (unpaired) electrons. The lowest BCUT2D eigenvalue weighted by Crippen LogP contribution is -2.39. The molecule has 5 rings (SSSR count). The number of carbonyl (C=O) groups is 2. The molecule has 0 aliphatic carbocycles. The first-order valence-corrected chi connectivity index (χ1v) is 12.9. The van der Waals surface area contributed by atoms with Gasteiger partial charge in [-0.25, -0.2) is 4.98 Å². The molecule has 1 aromatic heterocycles. The molecule has 9 heteroatoms. The van der Waals surface area contributed by atoms with Crippen LogP contribution in [0.4, 0.5) is 5.82 Å². The van der Waals surface area contributed by atoms with Crippen LogP contribution in [0, 0.1) is 0 Å². The number of aromatic nitrogens is 1. The van der Waals surface area contributed by atoms with Crippen LogP contribution >= 0.6 is 11.6 Å². The normalized spacial score (nSPS) is 17.2. The number of pyridine rings is 1. The van der Waals surface area contributed by atoms with Crippen molar-refractivity contribution >= 4 is 35.2 Å². The third-order valence-corrected chi connectivity index (χ3v) is 6.88. The second kappa shape index (κ2) is 11.8. The van der Waals surface area contributed by atoms with Crippen LogP contribution in [-0.2, 0) is 16.0 Å². The van der Waals surface area contributed by atoms with E-state index in [4.69, 9.17) is 26.8 Å². The first kappa shape index (κ1) is 25.9. The first-order chi connectivity index (χ1) is 18.4. The SMILES string of the molecule is Nc1ccc(C=CC(=O)NCC2Cc3cc(-c4ccc(C(=O)CN5CCOCC5)cc4)cc(Cl)c3O2)cn1. The van der Waals surface area contributed by atoms with E-state index in [1.54, 1.807) is 24.4 Å². The smallest absolute Gasteiger partial charge is 0.244 e. The molecule has 1 amide bonds. The minimum absolute atomic E-state index is 0.101. The number of nitrogens with two attached hydrogens (primary N) is 1. The van der Waals surface area contributed by atoms with Crippen molar-refractivity contribution in [1.29, 1.82) is 0 Å². The number of nitrogen functional groups attached to an aromatic ring is 1. The number of halogens is 1. The van der Waals surface area contributed by atoms with Crippen LogP contribution in [-0.4, -0.2) is 67.1 Å². The Morgan fingerprint density at radius 1 is 1.11 bits per heavy atom. The summed E-state index contributed by atoms with van der Waals surface area (Å²) in [6.45, 7) is 3.65. The van der Waals surface area contributed by atoms with Gasteiger partial charge in [-0.15, -0.1) is 0 Å². The van der Waals surface area contributed by atoms with Gasteiger partial charge in [-0.3, -0.25) is 14.5 Å². The summed E-state index contributed by atoms with van der Waals surface area (Å²) in [5.74, 6) is 0.952. The quantitative estimate of drug-likeness (QED) is 0.337. The van der Waals surface area contributed by atoms with Crippen molar-refractivity contribution in [2.45, 2.75) is 12.5 Å². The summed E-state index contributed by atoms with van der Waals surface area (Å²) in [6.07, 6.45) is 5.15. The molecule has 2 aromatic carbocycles. The van der Waals surface area contributed by atoms with Gasteiger partial charge >= 0.3 is 0 Å². The van der Waals surface area contributed by atoms with E-state index in [2.05, 4.69) is 21.3 Å². The number of anilines is 1. The summed E-state index contributed by atoms with van der Waals surface area (Å²) < 4.78 is 11.4. The maximum Gasteiger partial charge on any atom is 0.244 e. The Kier molecular flexibility index (Phi) is 8.03. The average Bonchev–Trinajstić information content (AvgIpc) is 3.36. The standard InChI is InChI=1S/C29H29ClN4O4/c30-25-15-22(20-3-5-21(6-4-20)26(35)18-34-9-11-37-12-10-34)13-23-14-24(38-29(23)25)17-33-28(36)8-2-19-1-7-27(31)32-16-19/h1-8,13,15-16,24H,9-12,14,17-18H2,(H2,31,32)(H,33,36). The zero-order valence-electron chi connectivity index (χ0n) is 20.9. The molecule has 3 N–H and O–H groups in total. The molecule has 1 unspecified atom stereocenters. The minimum atomic E-state index is -0.226. The van der Waals surface area contributed by atoms with E-state index in [-0.39, 0.29) is 17.8 Å².